The van der Waals surface area contributed by atoms with Crippen LogP contribution in [0.1, 0.15) is 23.9 Å². The van der Waals surface area contributed by atoms with Crippen LogP contribution < -0.4 is 10.9 Å². The lowest BCUT2D eigenvalue weighted by Crippen LogP contribution is -2.14. The van der Waals surface area contributed by atoms with E-state index in [-0.39, 0.29) is 5.56 Å². The monoisotopic (exact) mass is 261 g/mol. The van der Waals surface area contributed by atoms with Crippen LogP contribution in [0.2, 0.25) is 0 Å². The van der Waals surface area contributed by atoms with Crippen molar-refractivity contribution >= 4 is 11.3 Å². The molecule has 2 aromatic rings. The summed E-state index contributed by atoms with van der Waals surface area (Å²) in [4.78, 5) is 16.2. The van der Waals surface area contributed by atoms with E-state index in [1.165, 1.54) is 6.42 Å². The zero-order valence-electron chi connectivity index (χ0n) is 10.2. The standard InChI is InChI=1S/C13H15N3OS/c1-16-6-4-9(7-12(16)17)11-8-18-13(15-11)10-3-2-5-14-10/h4,6-8,10,14H,2-3,5H2,1H3. The summed E-state index contributed by atoms with van der Waals surface area (Å²) in [6, 6.07) is 3.97. The lowest BCUT2D eigenvalue weighted by atomic mass is 10.2. The molecule has 0 aliphatic carbocycles. The number of nitrogens with zero attached hydrogens (tertiary/aromatic N) is 2. The van der Waals surface area contributed by atoms with Crippen molar-refractivity contribution in [3.8, 4) is 11.3 Å². The predicted molar refractivity (Wildman–Crippen MR) is 72.8 cm³/mol. The summed E-state index contributed by atoms with van der Waals surface area (Å²) >= 11 is 1.67. The molecule has 1 fully saturated rings. The van der Waals surface area contributed by atoms with Gasteiger partial charge in [-0.2, -0.15) is 0 Å². The molecular formula is C13H15N3OS. The molecule has 0 bridgehead atoms. The van der Waals surface area contributed by atoms with Crippen molar-refractivity contribution in [2.24, 2.45) is 7.05 Å². The maximum absolute atomic E-state index is 11.6. The molecule has 94 valence electrons. The van der Waals surface area contributed by atoms with Crippen LogP contribution in [0, 0.1) is 0 Å². The number of rotatable bonds is 2. The van der Waals surface area contributed by atoms with Crippen molar-refractivity contribution in [2.45, 2.75) is 18.9 Å². The minimum atomic E-state index is 0.000964. The average molecular weight is 261 g/mol. The Balaban J connectivity index is 1.92. The Labute approximate surface area is 109 Å². The minimum Gasteiger partial charge on any atom is -0.319 e. The van der Waals surface area contributed by atoms with Crippen molar-refractivity contribution in [2.75, 3.05) is 6.54 Å². The number of nitrogens with one attached hydrogen (secondary N) is 1. The summed E-state index contributed by atoms with van der Waals surface area (Å²) in [5.74, 6) is 0. The molecule has 0 saturated carbocycles. The third-order valence-electron chi connectivity index (χ3n) is 3.28. The van der Waals surface area contributed by atoms with Gasteiger partial charge in [0.1, 0.15) is 5.01 Å². The Bertz CT molecular complexity index is 611. The highest BCUT2D eigenvalue weighted by atomic mass is 32.1. The van der Waals surface area contributed by atoms with Crippen LogP contribution in [0.3, 0.4) is 0 Å². The molecule has 0 spiro atoms. The zero-order chi connectivity index (χ0) is 12.5. The predicted octanol–water partition coefficient (Wildman–Crippen LogP) is 1.93. The van der Waals surface area contributed by atoms with Gasteiger partial charge in [0.2, 0.25) is 0 Å². The van der Waals surface area contributed by atoms with Crippen LogP contribution in [0.4, 0.5) is 0 Å². The van der Waals surface area contributed by atoms with Crippen molar-refractivity contribution < 1.29 is 0 Å². The van der Waals surface area contributed by atoms with Crippen molar-refractivity contribution in [3.05, 3.63) is 39.1 Å². The van der Waals surface area contributed by atoms with Gasteiger partial charge in [-0.25, -0.2) is 4.98 Å². The van der Waals surface area contributed by atoms with Crippen molar-refractivity contribution in [3.63, 3.8) is 0 Å². The lowest BCUT2D eigenvalue weighted by molar-refractivity contribution is 0.643. The first-order chi connectivity index (χ1) is 8.74. The summed E-state index contributed by atoms with van der Waals surface area (Å²) in [6.45, 7) is 1.07. The van der Waals surface area contributed by atoms with Gasteiger partial charge in [0.25, 0.3) is 5.56 Å². The van der Waals surface area contributed by atoms with Gasteiger partial charge in [0.15, 0.2) is 0 Å². The number of thiazole rings is 1. The topological polar surface area (TPSA) is 46.9 Å². The van der Waals surface area contributed by atoms with E-state index in [0.29, 0.717) is 6.04 Å². The molecule has 18 heavy (non-hydrogen) atoms. The second-order valence-electron chi connectivity index (χ2n) is 4.58. The van der Waals surface area contributed by atoms with Gasteiger partial charge < -0.3 is 9.88 Å². The molecule has 5 heteroatoms. The smallest absolute Gasteiger partial charge is 0.250 e. The number of hydrogen-bond acceptors (Lipinski definition) is 4. The van der Waals surface area contributed by atoms with Gasteiger partial charge in [0.05, 0.1) is 11.7 Å². The van der Waals surface area contributed by atoms with Crippen LogP contribution in [-0.4, -0.2) is 16.1 Å². The van der Waals surface area contributed by atoms with Crippen molar-refractivity contribution in [1.82, 2.24) is 14.9 Å². The van der Waals surface area contributed by atoms with Crippen LogP contribution >= 0.6 is 11.3 Å². The van der Waals surface area contributed by atoms with Gasteiger partial charge in [-0.05, 0) is 25.5 Å². The highest BCUT2D eigenvalue weighted by Gasteiger charge is 2.19. The number of hydrogen-bond donors (Lipinski definition) is 1. The molecule has 1 aliphatic rings. The van der Waals surface area contributed by atoms with E-state index in [0.717, 1.165) is 29.2 Å². The molecule has 3 rings (SSSR count). The van der Waals surface area contributed by atoms with Crippen LogP contribution in [0.15, 0.2) is 28.5 Å². The van der Waals surface area contributed by atoms with E-state index in [9.17, 15) is 4.79 Å². The van der Waals surface area contributed by atoms with Gasteiger partial charge in [0, 0.05) is 30.3 Å². The first-order valence-electron chi connectivity index (χ1n) is 6.10. The van der Waals surface area contributed by atoms with Gasteiger partial charge >= 0.3 is 0 Å². The van der Waals surface area contributed by atoms with Gasteiger partial charge in [-0.15, -0.1) is 11.3 Å². The summed E-state index contributed by atoms with van der Waals surface area (Å²) in [7, 11) is 1.75. The van der Waals surface area contributed by atoms with E-state index in [2.05, 4.69) is 10.3 Å². The molecule has 0 aromatic carbocycles. The largest absolute Gasteiger partial charge is 0.319 e. The SMILES string of the molecule is Cn1ccc(-c2csc(C3CCCN3)n2)cc1=O. The van der Waals surface area contributed by atoms with E-state index < -0.39 is 0 Å². The van der Waals surface area contributed by atoms with Gasteiger partial charge in [-0.1, -0.05) is 0 Å². The molecule has 0 amide bonds. The van der Waals surface area contributed by atoms with E-state index >= 15 is 0 Å². The first-order valence-corrected chi connectivity index (χ1v) is 6.98. The van der Waals surface area contributed by atoms with E-state index in [4.69, 9.17) is 0 Å². The highest BCUT2D eigenvalue weighted by Crippen LogP contribution is 2.29. The van der Waals surface area contributed by atoms with Crippen LogP contribution in [0.5, 0.6) is 0 Å². The van der Waals surface area contributed by atoms with Crippen LogP contribution in [-0.2, 0) is 7.05 Å². The molecule has 1 unspecified atom stereocenters. The molecule has 1 aliphatic heterocycles. The fourth-order valence-corrected chi connectivity index (χ4v) is 3.12. The summed E-state index contributed by atoms with van der Waals surface area (Å²) in [5.41, 5.74) is 1.81. The zero-order valence-corrected chi connectivity index (χ0v) is 11.0. The van der Waals surface area contributed by atoms with E-state index in [1.807, 2.05) is 11.4 Å². The lowest BCUT2D eigenvalue weighted by Gasteiger charge is -2.04. The molecule has 1 atom stereocenters. The molecule has 3 heterocycles. The highest BCUT2D eigenvalue weighted by molar-refractivity contribution is 7.10. The number of pyridine rings is 1. The maximum Gasteiger partial charge on any atom is 0.250 e. The number of aromatic nitrogens is 2. The average Bonchev–Trinajstić information content (AvgIpc) is 3.01. The third-order valence-corrected chi connectivity index (χ3v) is 4.24. The summed E-state index contributed by atoms with van der Waals surface area (Å²) < 4.78 is 1.56. The second-order valence-corrected chi connectivity index (χ2v) is 5.47. The molecule has 1 N–H and O–H groups in total. The second kappa shape index (κ2) is 4.66. The molecule has 2 aromatic heterocycles. The Kier molecular flexibility index (Phi) is 3.01. The Morgan fingerprint density at radius 3 is 3.17 bits per heavy atom. The summed E-state index contributed by atoms with van der Waals surface area (Å²) in [5, 5.41) is 6.60. The maximum atomic E-state index is 11.6. The number of aryl methyl sites for hydroxylation is 1. The Morgan fingerprint density at radius 1 is 1.56 bits per heavy atom. The molecule has 0 radical (unpaired) electrons. The molecule has 4 nitrogen and oxygen atoms in total. The van der Waals surface area contributed by atoms with E-state index in [1.54, 1.807) is 35.2 Å². The molecular weight excluding hydrogens is 246 g/mol. The Morgan fingerprint density at radius 2 is 2.44 bits per heavy atom. The quantitative estimate of drug-likeness (QED) is 0.898. The Hall–Kier alpha value is -1.46. The molecule has 1 saturated heterocycles. The first kappa shape index (κ1) is 11.6. The normalized spacial score (nSPS) is 19.3. The summed E-state index contributed by atoms with van der Waals surface area (Å²) in [6.07, 6.45) is 4.15. The third kappa shape index (κ3) is 2.11. The van der Waals surface area contributed by atoms with Crippen LogP contribution in [0.25, 0.3) is 11.3 Å². The van der Waals surface area contributed by atoms with Gasteiger partial charge in [-0.3, -0.25) is 4.79 Å². The van der Waals surface area contributed by atoms with Crippen molar-refractivity contribution in [1.29, 1.82) is 0 Å². The fraction of sp³-hybridized carbons (Fsp3) is 0.385. The fourth-order valence-electron chi connectivity index (χ4n) is 2.18. The minimum absolute atomic E-state index is 0.000964.